The van der Waals surface area contributed by atoms with Crippen LogP contribution >= 0.6 is 11.6 Å². The lowest BCUT2D eigenvalue weighted by Gasteiger charge is -2.24. The van der Waals surface area contributed by atoms with E-state index in [1.807, 2.05) is 13.0 Å². The van der Waals surface area contributed by atoms with Crippen molar-refractivity contribution in [1.82, 2.24) is 9.97 Å². The van der Waals surface area contributed by atoms with Crippen LogP contribution in [0.3, 0.4) is 0 Å². The van der Waals surface area contributed by atoms with Crippen LogP contribution in [0.1, 0.15) is 32.4 Å². The van der Waals surface area contributed by atoms with Gasteiger partial charge in [0.2, 0.25) is 5.95 Å². The molecule has 0 aliphatic rings. The summed E-state index contributed by atoms with van der Waals surface area (Å²) in [5.41, 5.74) is 1.21. The van der Waals surface area contributed by atoms with Crippen LogP contribution in [-0.4, -0.2) is 22.4 Å². The van der Waals surface area contributed by atoms with Crippen LogP contribution in [0, 0.1) is 12.3 Å². The second kappa shape index (κ2) is 6.04. The summed E-state index contributed by atoms with van der Waals surface area (Å²) in [6, 6.07) is 1.89. The van der Waals surface area contributed by atoms with E-state index in [2.05, 4.69) is 29.1 Å². The van der Waals surface area contributed by atoms with E-state index in [1.165, 1.54) is 0 Å². The van der Waals surface area contributed by atoms with Gasteiger partial charge in [-0.1, -0.05) is 13.8 Å². The topological polar surface area (TPSA) is 37.8 Å². The Morgan fingerprint density at radius 2 is 2.19 bits per heavy atom. The molecule has 16 heavy (non-hydrogen) atoms. The van der Waals surface area contributed by atoms with Crippen molar-refractivity contribution in [3.8, 4) is 0 Å². The number of halogens is 1. The van der Waals surface area contributed by atoms with Gasteiger partial charge in [-0.15, -0.1) is 11.6 Å². The van der Waals surface area contributed by atoms with E-state index in [0.29, 0.717) is 5.95 Å². The van der Waals surface area contributed by atoms with Gasteiger partial charge in [-0.3, -0.25) is 0 Å². The molecule has 0 aliphatic heterocycles. The average molecular weight is 242 g/mol. The summed E-state index contributed by atoms with van der Waals surface area (Å²) in [5, 5.41) is 3.27. The summed E-state index contributed by atoms with van der Waals surface area (Å²) >= 11 is 5.70. The molecule has 1 aromatic heterocycles. The zero-order valence-corrected chi connectivity index (χ0v) is 11.0. The Bertz CT molecular complexity index is 326. The number of rotatable bonds is 6. The molecule has 0 saturated carbocycles. The van der Waals surface area contributed by atoms with Gasteiger partial charge < -0.3 is 5.32 Å². The lowest BCUT2D eigenvalue weighted by atomic mass is 9.88. The SMILES string of the molecule is Cc1ccnc(NCC(C)(C)CCCCl)n1. The molecule has 0 fully saturated rings. The second-order valence-electron chi connectivity index (χ2n) is 4.83. The number of alkyl halides is 1. The molecule has 3 nitrogen and oxygen atoms in total. The molecule has 4 heteroatoms. The molecule has 0 atom stereocenters. The van der Waals surface area contributed by atoms with Crippen molar-refractivity contribution >= 4 is 17.5 Å². The Balaban J connectivity index is 2.44. The molecule has 1 heterocycles. The van der Waals surface area contributed by atoms with Crippen LogP contribution in [-0.2, 0) is 0 Å². The van der Waals surface area contributed by atoms with Crippen molar-refractivity contribution in [2.75, 3.05) is 17.7 Å². The summed E-state index contributed by atoms with van der Waals surface area (Å²) in [4.78, 5) is 8.48. The standard InChI is InChI=1S/C12H20ClN3/c1-10-5-8-14-11(16-10)15-9-12(2,3)6-4-7-13/h5,8H,4,6-7,9H2,1-3H3,(H,14,15,16). The summed E-state index contributed by atoms with van der Waals surface area (Å²) < 4.78 is 0. The summed E-state index contributed by atoms with van der Waals surface area (Å²) in [5.74, 6) is 1.43. The van der Waals surface area contributed by atoms with Gasteiger partial charge in [0, 0.05) is 24.3 Å². The largest absolute Gasteiger partial charge is 0.354 e. The minimum Gasteiger partial charge on any atom is -0.354 e. The smallest absolute Gasteiger partial charge is 0.222 e. The third kappa shape index (κ3) is 4.79. The van der Waals surface area contributed by atoms with Gasteiger partial charge in [0.15, 0.2) is 0 Å². The first-order chi connectivity index (χ1) is 7.53. The lowest BCUT2D eigenvalue weighted by Crippen LogP contribution is -2.24. The highest BCUT2D eigenvalue weighted by atomic mass is 35.5. The van der Waals surface area contributed by atoms with Gasteiger partial charge >= 0.3 is 0 Å². The third-order valence-corrected chi connectivity index (χ3v) is 2.77. The number of nitrogens with one attached hydrogen (secondary N) is 1. The third-order valence-electron chi connectivity index (χ3n) is 2.51. The highest BCUT2D eigenvalue weighted by Gasteiger charge is 2.17. The molecular weight excluding hydrogens is 222 g/mol. The van der Waals surface area contributed by atoms with Crippen molar-refractivity contribution in [1.29, 1.82) is 0 Å². The van der Waals surface area contributed by atoms with Gasteiger partial charge in [0.25, 0.3) is 0 Å². The molecule has 0 bridgehead atoms. The molecule has 0 aromatic carbocycles. The molecule has 0 unspecified atom stereocenters. The molecule has 1 N–H and O–H groups in total. The molecule has 0 radical (unpaired) electrons. The van der Waals surface area contributed by atoms with Crippen molar-refractivity contribution in [3.63, 3.8) is 0 Å². The van der Waals surface area contributed by atoms with E-state index in [-0.39, 0.29) is 5.41 Å². The van der Waals surface area contributed by atoms with E-state index in [1.54, 1.807) is 6.20 Å². The zero-order valence-electron chi connectivity index (χ0n) is 10.3. The Labute approximate surface area is 103 Å². The minimum absolute atomic E-state index is 0.224. The van der Waals surface area contributed by atoms with Crippen molar-refractivity contribution in [3.05, 3.63) is 18.0 Å². The lowest BCUT2D eigenvalue weighted by molar-refractivity contribution is 0.355. The number of nitrogens with zero attached hydrogens (tertiary/aromatic N) is 2. The number of aromatic nitrogens is 2. The zero-order chi connectivity index (χ0) is 12.0. The van der Waals surface area contributed by atoms with E-state index >= 15 is 0 Å². The fourth-order valence-electron chi connectivity index (χ4n) is 1.49. The summed E-state index contributed by atoms with van der Waals surface area (Å²) in [7, 11) is 0. The van der Waals surface area contributed by atoms with Crippen molar-refractivity contribution in [2.24, 2.45) is 5.41 Å². The maximum absolute atomic E-state index is 5.70. The Kier molecular flexibility index (Phi) is 5.00. The van der Waals surface area contributed by atoms with Gasteiger partial charge in [0.1, 0.15) is 0 Å². The first kappa shape index (κ1) is 13.2. The highest BCUT2D eigenvalue weighted by molar-refractivity contribution is 6.17. The van der Waals surface area contributed by atoms with Gasteiger partial charge in [-0.2, -0.15) is 0 Å². The van der Waals surface area contributed by atoms with Crippen LogP contribution in [0.4, 0.5) is 5.95 Å². The monoisotopic (exact) mass is 241 g/mol. The second-order valence-corrected chi connectivity index (χ2v) is 5.21. The van der Waals surface area contributed by atoms with E-state index in [9.17, 15) is 0 Å². The van der Waals surface area contributed by atoms with Crippen molar-refractivity contribution < 1.29 is 0 Å². The van der Waals surface area contributed by atoms with Crippen molar-refractivity contribution in [2.45, 2.75) is 33.6 Å². The number of anilines is 1. The van der Waals surface area contributed by atoms with E-state index < -0.39 is 0 Å². The van der Waals surface area contributed by atoms with Crippen LogP contribution in [0.15, 0.2) is 12.3 Å². The number of aryl methyl sites for hydroxylation is 1. The van der Waals surface area contributed by atoms with Crippen LogP contribution < -0.4 is 5.32 Å². The number of hydrogen-bond donors (Lipinski definition) is 1. The Morgan fingerprint density at radius 3 is 2.81 bits per heavy atom. The van der Waals surface area contributed by atoms with E-state index in [0.717, 1.165) is 31.0 Å². The molecule has 1 aromatic rings. The number of hydrogen-bond acceptors (Lipinski definition) is 3. The first-order valence-corrected chi connectivity index (χ1v) is 6.16. The van der Waals surface area contributed by atoms with Gasteiger partial charge in [-0.05, 0) is 31.2 Å². The fraction of sp³-hybridized carbons (Fsp3) is 0.667. The predicted molar refractivity (Wildman–Crippen MR) is 69.0 cm³/mol. The normalized spacial score (nSPS) is 11.5. The average Bonchev–Trinajstić information content (AvgIpc) is 2.24. The molecule has 0 aliphatic carbocycles. The van der Waals surface area contributed by atoms with Gasteiger partial charge in [0.05, 0.1) is 0 Å². The Morgan fingerprint density at radius 1 is 1.44 bits per heavy atom. The van der Waals surface area contributed by atoms with Crippen LogP contribution in [0.5, 0.6) is 0 Å². The quantitative estimate of drug-likeness (QED) is 0.777. The molecular formula is C12H20ClN3. The Hall–Kier alpha value is -0.830. The fourth-order valence-corrected chi connectivity index (χ4v) is 1.62. The summed E-state index contributed by atoms with van der Waals surface area (Å²) in [6.45, 7) is 7.28. The molecule has 0 amide bonds. The summed E-state index contributed by atoms with van der Waals surface area (Å²) in [6.07, 6.45) is 3.93. The maximum Gasteiger partial charge on any atom is 0.222 e. The van der Waals surface area contributed by atoms with Crippen LogP contribution in [0.2, 0.25) is 0 Å². The molecule has 90 valence electrons. The first-order valence-electron chi connectivity index (χ1n) is 5.63. The highest BCUT2D eigenvalue weighted by Crippen LogP contribution is 2.22. The maximum atomic E-state index is 5.70. The molecule has 0 spiro atoms. The predicted octanol–water partition coefficient (Wildman–Crippen LogP) is 3.24. The van der Waals surface area contributed by atoms with E-state index in [4.69, 9.17) is 11.6 Å². The van der Waals surface area contributed by atoms with Gasteiger partial charge in [-0.25, -0.2) is 9.97 Å². The van der Waals surface area contributed by atoms with Crippen LogP contribution in [0.25, 0.3) is 0 Å². The minimum atomic E-state index is 0.224. The molecule has 1 rings (SSSR count). The molecule has 0 saturated heterocycles.